The number of carbonyl (C=O) groups excluding carboxylic acids is 1. The van der Waals surface area contributed by atoms with E-state index >= 15 is 0 Å². The molecule has 0 aliphatic heterocycles. The first kappa shape index (κ1) is 16.9. The maximum atomic E-state index is 13.0. The Labute approximate surface area is 144 Å². The van der Waals surface area contributed by atoms with Crippen molar-refractivity contribution < 1.29 is 4.79 Å². The van der Waals surface area contributed by atoms with E-state index in [-0.39, 0.29) is 23.5 Å². The van der Waals surface area contributed by atoms with Gasteiger partial charge < -0.3 is 4.57 Å². The molecule has 25 heavy (non-hydrogen) atoms. The van der Waals surface area contributed by atoms with Crippen LogP contribution in [0.4, 0.5) is 0 Å². The van der Waals surface area contributed by atoms with E-state index in [1.165, 1.54) is 27.0 Å². The molecule has 0 aliphatic rings. The largest absolute Gasteiger partial charge is 0.337 e. The van der Waals surface area contributed by atoms with Crippen LogP contribution in [0.2, 0.25) is 0 Å². The molecule has 7 nitrogen and oxygen atoms in total. The Kier molecular flexibility index (Phi) is 4.65. The van der Waals surface area contributed by atoms with Crippen LogP contribution in [0.5, 0.6) is 0 Å². The van der Waals surface area contributed by atoms with Crippen molar-refractivity contribution in [3.63, 3.8) is 0 Å². The van der Waals surface area contributed by atoms with E-state index in [2.05, 4.69) is 4.98 Å². The molecule has 0 unspecified atom stereocenters. The molecule has 2 heterocycles. The maximum absolute atomic E-state index is 13.0. The van der Waals surface area contributed by atoms with Gasteiger partial charge in [-0.25, -0.2) is 14.3 Å². The number of hydrogen-bond acceptors (Lipinski definition) is 4. The molecule has 0 bridgehead atoms. The van der Waals surface area contributed by atoms with Gasteiger partial charge in [0.05, 0.1) is 18.6 Å². The van der Waals surface area contributed by atoms with Crippen molar-refractivity contribution in [3.8, 4) is 5.69 Å². The lowest BCUT2D eigenvalue weighted by Gasteiger charge is -2.12. The molecule has 0 N–H and O–H groups in total. The third kappa shape index (κ3) is 3.05. The highest BCUT2D eigenvalue weighted by molar-refractivity contribution is 5.79. The number of hydrogen-bond donors (Lipinski definition) is 0. The quantitative estimate of drug-likeness (QED) is 0.685. The zero-order valence-corrected chi connectivity index (χ0v) is 14.3. The standard InChI is InChI=1S/C18H20N4O3/c1-3-4-10-21-17(24)15-16(19-12-20(15)11-13(2)23)22(18(21)25)14-8-6-5-7-9-14/h5-9,12H,3-4,10-11H2,1-2H3. The van der Waals surface area contributed by atoms with Crippen molar-refractivity contribution in [3.05, 3.63) is 57.5 Å². The first-order chi connectivity index (χ1) is 12.0. The second kappa shape index (κ2) is 6.88. The number of carbonyl (C=O) groups is 1. The number of Topliss-reactive ketones (excluding diaryl/α,β-unsaturated/α-hetero) is 1. The molecule has 0 atom stereocenters. The van der Waals surface area contributed by atoms with Crippen molar-refractivity contribution in [2.45, 2.75) is 39.8 Å². The summed E-state index contributed by atoms with van der Waals surface area (Å²) in [4.78, 5) is 41.6. The van der Waals surface area contributed by atoms with Gasteiger partial charge in [-0.15, -0.1) is 0 Å². The van der Waals surface area contributed by atoms with Crippen LogP contribution in [-0.2, 0) is 17.9 Å². The Bertz CT molecular complexity index is 1030. The highest BCUT2D eigenvalue weighted by Gasteiger charge is 2.19. The van der Waals surface area contributed by atoms with Gasteiger partial charge in [0, 0.05) is 6.54 Å². The zero-order valence-electron chi connectivity index (χ0n) is 14.3. The van der Waals surface area contributed by atoms with Crippen molar-refractivity contribution in [1.82, 2.24) is 18.7 Å². The summed E-state index contributed by atoms with van der Waals surface area (Å²) in [6.45, 7) is 3.84. The van der Waals surface area contributed by atoms with Crippen LogP contribution in [0.25, 0.3) is 16.9 Å². The van der Waals surface area contributed by atoms with Crippen molar-refractivity contribution >= 4 is 16.9 Å². The lowest BCUT2D eigenvalue weighted by atomic mass is 10.3. The van der Waals surface area contributed by atoms with Crippen LogP contribution >= 0.6 is 0 Å². The Morgan fingerprint density at radius 2 is 1.88 bits per heavy atom. The number of nitrogens with zero attached hydrogens (tertiary/aromatic N) is 4. The van der Waals surface area contributed by atoms with Gasteiger partial charge in [-0.3, -0.25) is 14.2 Å². The van der Waals surface area contributed by atoms with Gasteiger partial charge >= 0.3 is 5.69 Å². The van der Waals surface area contributed by atoms with Crippen LogP contribution in [0, 0.1) is 0 Å². The smallest absolute Gasteiger partial charge is 0.317 e. The second-order valence-corrected chi connectivity index (χ2v) is 6.01. The average Bonchev–Trinajstić information content (AvgIpc) is 2.98. The maximum Gasteiger partial charge on any atom is 0.337 e. The molecule has 0 spiro atoms. The minimum atomic E-state index is -0.412. The molecule has 2 aromatic heterocycles. The van der Waals surface area contributed by atoms with Gasteiger partial charge in [0.1, 0.15) is 5.78 Å². The number of fused-ring (bicyclic) bond motifs is 1. The van der Waals surface area contributed by atoms with E-state index in [9.17, 15) is 14.4 Å². The Balaban J connectivity index is 2.38. The number of imidazole rings is 1. The first-order valence-electron chi connectivity index (χ1n) is 8.30. The molecule has 0 amide bonds. The lowest BCUT2D eigenvalue weighted by molar-refractivity contribution is -0.117. The highest BCUT2D eigenvalue weighted by Crippen LogP contribution is 2.13. The summed E-state index contributed by atoms with van der Waals surface area (Å²) >= 11 is 0. The normalized spacial score (nSPS) is 11.1. The summed E-state index contributed by atoms with van der Waals surface area (Å²) in [5.41, 5.74) is 0.366. The summed E-state index contributed by atoms with van der Waals surface area (Å²) in [7, 11) is 0. The molecule has 0 saturated carbocycles. The van der Waals surface area contributed by atoms with E-state index in [4.69, 9.17) is 0 Å². The zero-order chi connectivity index (χ0) is 18.0. The molecular weight excluding hydrogens is 320 g/mol. The van der Waals surface area contributed by atoms with Crippen LogP contribution < -0.4 is 11.2 Å². The van der Waals surface area contributed by atoms with Crippen LogP contribution in [0.3, 0.4) is 0 Å². The van der Waals surface area contributed by atoms with Gasteiger partial charge in [0.25, 0.3) is 5.56 Å². The molecule has 0 radical (unpaired) electrons. The predicted molar refractivity (Wildman–Crippen MR) is 95.2 cm³/mol. The van der Waals surface area contributed by atoms with E-state index < -0.39 is 11.2 Å². The van der Waals surface area contributed by atoms with Gasteiger partial charge in [0.2, 0.25) is 0 Å². The SMILES string of the molecule is CCCCn1c(=O)c2c(ncn2CC(C)=O)n(-c2ccccc2)c1=O. The Morgan fingerprint density at radius 3 is 2.52 bits per heavy atom. The fourth-order valence-electron chi connectivity index (χ4n) is 2.86. The van der Waals surface area contributed by atoms with Gasteiger partial charge in [0.15, 0.2) is 11.2 Å². The van der Waals surface area contributed by atoms with Crippen molar-refractivity contribution in [2.24, 2.45) is 0 Å². The minimum Gasteiger partial charge on any atom is -0.317 e. The van der Waals surface area contributed by atoms with E-state index in [0.717, 1.165) is 12.8 Å². The summed E-state index contributed by atoms with van der Waals surface area (Å²) in [5, 5.41) is 0. The molecule has 3 rings (SSSR count). The number of aromatic nitrogens is 4. The van der Waals surface area contributed by atoms with E-state index in [0.29, 0.717) is 12.2 Å². The molecular formula is C18H20N4O3. The fraction of sp³-hybridized carbons (Fsp3) is 0.333. The van der Waals surface area contributed by atoms with E-state index in [1.54, 1.807) is 12.1 Å². The van der Waals surface area contributed by atoms with Crippen LogP contribution in [0.1, 0.15) is 26.7 Å². The van der Waals surface area contributed by atoms with Crippen LogP contribution in [-0.4, -0.2) is 24.5 Å². The minimum absolute atomic E-state index is 0.0481. The van der Waals surface area contributed by atoms with Gasteiger partial charge in [-0.05, 0) is 25.5 Å². The summed E-state index contributed by atoms with van der Waals surface area (Å²) in [6.07, 6.45) is 3.02. The molecule has 130 valence electrons. The Morgan fingerprint density at radius 1 is 1.16 bits per heavy atom. The van der Waals surface area contributed by atoms with Crippen molar-refractivity contribution in [1.29, 1.82) is 0 Å². The molecule has 0 saturated heterocycles. The van der Waals surface area contributed by atoms with Gasteiger partial charge in [-0.1, -0.05) is 31.5 Å². The second-order valence-electron chi connectivity index (χ2n) is 6.01. The summed E-state index contributed by atoms with van der Waals surface area (Å²) in [6, 6.07) is 9.08. The topological polar surface area (TPSA) is 78.9 Å². The van der Waals surface area contributed by atoms with Crippen LogP contribution in [0.15, 0.2) is 46.2 Å². The monoisotopic (exact) mass is 340 g/mol. The summed E-state index contributed by atoms with van der Waals surface area (Å²) in [5.74, 6) is -0.0868. The number of benzene rings is 1. The number of unbranched alkanes of at least 4 members (excludes halogenated alkanes) is 1. The molecule has 3 aromatic rings. The Hall–Kier alpha value is -2.96. The summed E-state index contributed by atoms with van der Waals surface area (Å²) < 4.78 is 4.18. The molecule has 0 aliphatic carbocycles. The molecule has 7 heteroatoms. The van der Waals surface area contributed by atoms with Crippen molar-refractivity contribution in [2.75, 3.05) is 0 Å². The van der Waals surface area contributed by atoms with E-state index in [1.807, 2.05) is 25.1 Å². The average molecular weight is 340 g/mol. The third-order valence-corrected chi connectivity index (χ3v) is 4.04. The lowest BCUT2D eigenvalue weighted by Crippen LogP contribution is -2.40. The fourth-order valence-corrected chi connectivity index (χ4v) is 2.86. The number of ketones is 1. The predicted octanol–water partition coefficient (Wildman–Crippen LogP) is 1.74. The number of rotatable bonds is 6. The number of para-hydroxylation sites is 1. The molecule has 1 aromatic carbocycles. The molecule has 0 fully saturated rings. The third-order valence-electron chi connectivity index (χ3n) is 4.04. The first-order valence-corrected chi connectivity index (χ1v) is 8.30. The van der Waals surface area contributed by atoms with Gasteiger partial charge in [-0.2, -0.15) is 0 Å². The highest BCUT2D eigenvalue weighted by atomic mass is 16.2.